The quantitative estimate of drug-likeness (QED) is 0.560. The highest BCUT2D eigenvalue weighted by Crippen LogP contribution is 2.57. The lowest BCUT2D eigenvalue weighted by Gasteiger charge is -2.59. The van der Waals surface area contributed by atoms with E-state index in [9.17, 15) is 9.59 Å². The molecule has 4 rings (SSSR count). The number of nitrogens with zero attached hydrogens (tertiary/aromatic N) is 1. The maximum absolute atomic E-state index is 9.77. The fraction of sp³-hybridized carbons (Fsp3) is 0.652. The predicted molar refractivity (Wildman–Crippen MR) is 113 cm³/mol. The van der Waals surface area contributed by atoms with E-state index < -0.39 is 24.1 Å². The van der Waals surface area contributed by atoms with Gasteiger partial charge in [0.15, 0.2) is 12.2 Å². The van der Waals surface area contributed by atoms with E-state index >= 15 is 0 Å². The number of carbonyl (C=O) groups is 2. The van der Waals surface area contributed by atoms with Crippen LogP contribution >= 0.6 is 0 Å². The van der Waals surface area contributed by atoms with Crippen LogP contribution < -0.4 is 4.74 Å². The van der Waals surface area contributed by atoms with Gasteiger partial charge in [0.1, 0.15) is 5.75 Å². The molecule has 31 heavy (non-hydrogen) atoms. The Morgan fingerprint density at radius 2 is 1.81 bits per heavy atom. The number of likely N-dealkylation sites (tertiary alicyclic amines) is 1. The average molecular weight is 436 g/mol. The van der Waals surface area contributed by atoms with Gasteiger partial charge in [-0.1, -0.05) is 19.4 Å². The minimum absolute atomic E-state index is 0.428. The number of carboxylic acids is 2. The maximum atomic E-state index is 9.77. The first-order valence-electron chi connectivity index (χ1n) is 10.8. The van der Waals surface area contributed by atoms with Crippen molar-refractivity contribution in [3.05, 3.63) is 29.3 Å². The Bertz CT molecular complexity index is 810. The number of aliphatic carboxylic acids is 2. The van der Waals surface area contributed by atoms with E-state index in [-0.39, 0.29) is 0 Å². The molecule has 2 fully saturated rings. The number of aliphatic hydroxyl groups is 2. The zero-order valence-corrected chi connectivity index (χ0v) is 18.3. The van der Waals surface area contributed by atoms with Gasteiger partial charge >= 0.3 is 11.9 Å². The molecule has 172 valence electrons. The molecule has 2 bridgehead atoms. The highest BCUT2D eigenvalue weighted by Gasteiger charge is 2.54. The van der Waals surface area contributed by atoms with Crippen molar-refractivity contribution in [1.29, 1.82) is 0 Å². The van der Waals surface area contributed by atoms with Crippen molar-refractivity contribution in [2.24, 2.45) is 11.8 Å². The van der Waals surface area contributed by atoms with Crippen molar-refractivity contribution < 1.29 is 34.8 Å². The number of methoxy groups -OCH3 is 1. The second-order valence-corrected chi connectivity index (χ2v) is 9.24. The van der Waals surface area contributed by atoms with Gasteiger partial charge in [0.05, 0.1) is 7.11 Å². The molecule has 8 nitrogen and oxygen atoms in total. The average Bonchev–Trinajstić information content (AvgIpc) is 2.75. The molecule has 1 saturated carbocycles. The third-order valence-electron chi connectivity index (χ3n) is 7.42. The number of rotatable bonds is 4. The number of ether oxygens (including phenoxy) is 1. The van der Waals surface area contributed by atoms with Gasteiger partial charge in [-0.3, -0.25) is 0 Å². The van der Waals surface area contributed by atoms with E-state index in [0.29, 0.717) is 5.41 Å². The number of benzene rings is 1. The Balaban J connectivity index is 0.000000233. The van der Waals surface area contributed by atoms with Gasteiger partial charge in [0.25, 0.3) is 0 Å². The number of carboxylic acid groups (broad SMARTS) is 2. The molecule has 2 aliphatic carbocycles. The van der Waals surface area contributed by atoms with Crippen LogP contribution in [0.5, 0.6) is 5.75 Å². The zero-order chi connectivity index (χ0) is 22.9. The van der Waals surface area contributed by atoms with Gasteiger partial charge in [0, 0.05) is 11.5 Å². The van der Waals surface area contributed by atoms with E-state index in [1.54, 1.807) is 18.2 Å². The van der Waals surface area contributed by atoms with Crippen LogP contribution in [-0.2, 0) is 21.4 Å². The van der Waals surface area contributed by atoms with Crippen molar-refractivity contribution in [2.45, 2.75) is 62.7 Å². The van der Waals surface area contributed by atoms with Crippen LogP contribution in [0.2, 0.25) is 0 Å². The number of hydrogen-bond acceptors (Lipinski definition) is 6. The molecule has 2 unspecified atom stereocenters. The molecule has 1 aromatic rings. The highest BCUT2D eigenvalue weighted by atomic mass is 16.5. The second kappa shape index (κ2) is 9.14. The second-order valence-electron chi connectivity index (χ2n) is 9.24. The molecule has 0 aromatic heterocycles. The molecular weight excluding hydrogens is 402 g/mol. The number of aliphatic hydroxyl groups excluding tert-OH is 2. The molecule has 6 atom stereocenters. The summed E-state index contributed by atoms with van der Waals surface area (Å²) in [5.74, 6) is -0.781. The molecule has 8 heteroatoms. The summed E-state index contributed by atoms with van der Waals surface area (Å²) in [5, 5.41) is 32.5. The Labute approximate surface area is 182 Å². The van der Waals surface area contributed by atoms with Crippen LogP contribution in [0.15, 0.2) is 18.2 Å². The standard InChI is InChI=1S/C19H27NO.C4H6O6/c1-13-4-7-16-18-10-14-5-6-15(21-3)11-17(14)19(16,12-13)8-9-20(18)2;5-1(3(7)8)2(6)4(9)10/h5-6,11,13,16,18H,4,7-10,12H2,1-3H3;1-2,5-6H,(H,7,8)(H,9,10)/t13-,16-,18+,19-;/m0./s1. The Morgan fingerprint density at radius 3 is 2.39 bits per heavy atom. The van der Waals surface area contributed by atoms with Crippen molar-refractivity contribution in [3.8, 4) is 5.75 Å². The summed E-state index contributed by atoms with van der Waals surface area (Å²) < 4.78 is 5.53. The van der Waals surface area contributed by atoms with Gasteiger partial charge in [-0.25, -0.2) is 9.59 Å². The lowest BCUT2D eigenvalue weighted by Crippen LogP contribution is -2.60. The van der Waals surface area contributed by atoms with E-state index in [2.05, 4.69) is 37.1 Å². The molecule has 0 spiro atoms. The molecule has 3 aliphatic rings. The lowest BCUT2D eigenvalue weighted by atomic mass is 9.51. The molecule has 4 N–H and O–H groups in total. The first-order valence-corrected chi connectivity index (χ1v) is 10.8. The lowest BCUT2D eigenvalue weighted by molar-refractivity contribution is -0.165. The Kier molecular flexibility index (Phi) is 6.93. The number of likely N-dealkylation sites (N-methyl/N-ethyl adjacent to an activating group) is 1. The molecular formula is C23H33NO7. The van der Waals surface area contributed by atoms with E-state index in [1.807, 2.05) is 0 Å². The van der Waals surface area contributed by atoms with Crippen molar-refractivity contribution in [1.82, 2.24) is 4.90 Å². The molecule has 1 aromatic carbocycles. The van der Waals surface area contributed by atoms with Crippen LogP contribution in [0.4, 0.5) is 0 Å². The van der Waals surface area contributed by atoms with Gasteiger partial charge in [-0.15, -0.1) is 0 Å². The third-order valence-corrected chi connectivity index (χ3v) is 7.42. The van der Waals surface area contributed by atoms with Crippen molar-refractivity contribution in [2.75, 3.05) is 20.7 Å². The summed E-state index contributed by atoms with van der Waals surface area (Å²) in [6, 6.07) is 7.60. The van der Waals surface area contributed by atoms with Crippen LogP contribution in [0, 0.1) is 11.8 Å². The SMILES string of the molecule is COc1ccc2c(c1)[C@]13CCN(C)[C@H](C2)[C@@H]1CC[C@H](C)C3.O=C(O)C(O)C(O)C(=O)O. The third kappa shape index (κ3) is 4.42. The van der Waals surface area contributed by atoms with Crippen molar-refractivity contribution in [3.63, 3.8) is 0 Å². The summed E-state index contributed by atoms with van der Waals surface area (Å²) in [5.41, 5.74) is 3.64. The zero-order valence-electron chi connectivity index (χ0n) is 18.3. The number of hydrogen-bond donors (Lipinski definition) is 4. The van der Waals surface area contributed by atoms with Gasteiger partial charge in [-0.2, -0.15) is 0 Å². The molecule has 1 saturated heterocycles. The summed E-state index contributed by atoms with van der Waals surface area (Å²) in [4.78, 5) is 22.2. The maximum Gasteiger partial charge on any atom is 0.335 e. The summed E-state index contributed by atoms with van der Waals surface area (Å²) in [7, 11) is 4.13. The molecule has 1 heterocycles. The van der Waals surface area contributed by atoms with Gasteiger partial charge in [-0.05, 0) is 74.4 Å². The Hall–Kier alpha value is -2.16. The van der Waals surface area contributed by atoms with Crippen LogP contribution in [0.3, 0.4) is 0 Å². The topological polar surface area (TPSA) is 128 Å². The van der Waals surface area contributed by atoms with Crippen LogP contribution in [0.25, 0.3) is 0 Å². The molecule has 0 amide bonds. The van der Waals surface area contributed by atoms with Gasteiger partial charge < -0.3 is 30.1 Å². The fourth-order valence-corrected chi connectivity index (χ4v) is 5.87. The van der Waals surface area contributed by atoms with Crippen LogP contribution in [-0.4, -0.2) is 76.2 Å². The summed E-state index contributed by atoms with van der Waals surface area (Å²) >= 11 is 0. The van der Waals surface area contributed by atoms with Crippen molar-refractivity contribution >= 4 is 11.9 Å². The first kappa shape index (κ1) is 23.5. The van der Waals surface area contributed by atoms with E-state index in [1.165, 1.54) is 38.6 Å². The number of fused-ring (bicyclic) bond motifs is 1. The fourth-order valence-electron chi connectivity index (χ4n) is 5.87. The first-order chi connectivity index (χ1) is 14.6. The molecule has 0 radical (unpaired) electrons. The normalized spacial score (nSPS) is 31.2. The minimum Gasteiger partial charge on any atom is -0.497 e. The minimum atomic E-state index is -2.27. The largest absolute Gasteiger partial charge is 0.497 e. The van der Waals surface area contributed by atoms with Crippen LogP contribution in [0.1, 0.15) is 43.7 Å². The summed E-state index contributed by atoms with van der Waals surface area (Å²) in [6.45, 7) is 3.71. The van der Waals surface area contributed by atoms with E-state index in [0.717, 1.165) is 23.6 Å². The summed E-state index contributed by atoms with van der Waals surface area (Å²) in [6.07, 6.45) is 2.23. The molecule has 1 aliphatic heterocycles. The Morgan fingerprint density at radius 1 is 1.16 bits per heavy atom. The number of piperidine rings is 1. The monoisotopic (exact) mass is 435 g/mol. The highest BCUT2D eigenvalue weighted by molar-refractivity contribution is 5.83. The van der Waals surface area contributed by atoms with E-state index in [4.69, 9.17) is 25.2 Å². The predicted octanol–water partition coefficient (Wildman–Crippen LogP) is 1.51. The smallest absolute Gasteiger partial charge is 0.335 e. The van der Waals surface area contributed by atoms with Gasteiger partial charge in [0.2, 0.25) is 0 Å².